The lowest BCUT2D eigenvalue weighted by Gasteiger charge is -2.26. The van der Waals surface area contributed by atoms with Crippen LogP contribution < -0.4 is 11.1 Å². The van der Waals surface area contributed by atoms with E-state index in [2.05, 4.69) is 5.32 Å². The predicted molar refractivity (Wildman–Crippen MR) is 71.8 cm³/mol. The number of phenolic OH excluding ortho intramolecular Hbond substituents is 2. The highest BCUT2D eigenvalue weighted by Gasteiger charge is 2.20. The molecule has 1 aromatic rings. The second-order valence-corrected chi connectivity index (χ2v) is 5.18. The molecule has 2 rings (SSSR count). The molecule has 19 heavy (non-hydrogen) atoms. The molecular weight excluding hydrogens is 244 g/mol. The summed E-state index contributed by atoms with van der Waals surface area (Å²) in [5.41, 5.74) is 6.55. The molecule has 0 heterocycles. The Hall–Kier alpha value is -1.75. The second-order valence-electron chi connectivity index (χ2n) is 5.18. The molecule has 1 aliphatic rings. The van der Waals surface area contributed by atoms with Crippen LogP contribution in [-0.2, 0) is 11.2 Å². The zero-order chi connectivity index (χ0) is 13.8. The highest BCUT2D eigenvalue weighted by Crippen LogP contribution is 2.26. The minimum atomic E-state index is -0.635. The minimum absolute atomic E-state index is 0.167. The summed E-state index contributed by atoms with van der Waals surface area (Å²) in [4.78, 5) is 11.8. The van der Waals surface area contributed by atoms with Gasteiger partial charge in [-0.2, -0.15) is 0 Å². The van der Waals surface area contributed by atoms with E-state index in [1.165, 1.54) is 31.4 Å². The number of amides is 1. The summed E-state index contributed by atoms with van der Waals surface area (Å²) in [6.07, 6.45) is 3.95. The Kier molecular flexibility index (Phi) is 4.27. The number of benzene rings is 1. The maximum Gasteiger partial charge on any atom is 0.237 e. The van der Waals surface area contributed by atoms with Crippen molar-refractivity contribution in [2.24, 2.45) is 11.7 Å². The van der Waals surface area contributed by atoms with Crippen molar-refractivity contribution in [1.82, 2.24) is 5.32 Å². The van der Waals surface area contributed by atoms with Crippen molar-refractivity contribution in [1.29, 1.82) is 0 Å². The molecule has 1 amide bonds. The van der Waals surface area contributed by atoms with Gasteiger partial charge in [0.15, 0.2) is 11.5 Å². The molecule has 0 spiro atoms. The number of nitrogens with one attached hydrogen (secondary N) is 1. The van der Waals surface area contributed by atoms with Gasteiger partial charge >= 0.3 is 0 Å². The zero-order valence-electron chi connectivity index (χ0n) is 10.8. The molecule has 1 aromatic carbocycles. The quantitative estimate of drug-likeness (QED) is 0.594. The summed E-state index contributed by atoms with van der Waals surface area (Å²) >= 11 is 0. The highest BCUT2D eigenvalue weighted by molar-refractivity contribution is 5.81. The van der Waals surface area contributed by atoms with Crippen molar-refractivity contribution in [2.75, 3.05) is 6.54 Å². The van der Waals surface area contributed by atoms with Crippen LogP contribution in [-0.4, -0.2) is 28.7 Å². The first kappa shape index (κ1) is 13.7. The molecule has 0 radical (unpaired) electrons. The van der Waals surface area contributed by atoms with E-state index in [4.69, 9.17) is 5.73 Å². The molecule has 5 nitrogen and oxygen atoms in total. The number of carbonyl (C=O) groups is 1. The standard InChI is InChI=1S/C14H20N2O3/c15-11(14(19)16-8-9-2-1-3-9)6-10-4-5-12(17)13(18)7-10/h4-5,7,9,11,17-18H,1-3,6,8,15H2,(H,16,19)/t11-/m0/s1. The molecule has 104 valence electrons. The molecule has 5 N–H and O–H groups in total. The van der Waals surface area contributed by atoms with Crippen LogP contribution in [0, 0.1) is 5.92 Å². The molecule has 5 heteroatoms. The lowest BCUT2D eigenvalue weighted by molar-refractivity contribution is -0.122. The minimum Gasteiger partial charge on any atom is -0.504 e. The molecule has 0 saturated heterocycles. The largest absolute Gasteiger partial charge is 0.504 e. The van der Waals surface area contributed by atoms with Gasteiger partial charge in [-0.3, -0.25) is 4.79 Å². The average Bonchev–Trinajstić information content (AvgIpc) is 2.31. The summed E-state index contributed by atoms with van der Waals surface area (Å²) in [5.74, 6) is 0.0691. The maximum atomic E-state index is 11.8. The Balaban J connectivity index is 1.82. The van der Waals surface area contributed by atoms with Gasteiger partial charge in [-0.05, 0) is 42.9 Å². The molecule has 0 unspecified atom stereocenters. The van der Waals surface area contributed by atoms with Crippen molar-refractivity contribution in [3.63, 3.8) is 0 Å². The number of nitrogens with two attached hydrogens (primary N) is 1. The van der Waals surface area contributed by atoms with Gasteiger partial charge in [0.25, 0.3) is 0 Å². The third-order valence-corrected chi connectivity index (χ3v) is 3.62. The van der Waals surface area contributed by atoms with E-state index in [0.29, 0.717) is 18.9 Å². The number of hydrogen-bond donors (Lipinski definition) is 4. The third-order valence-electron chi connectivity index (χ3n) is 3.62. The van der Waals surface area contributed by atoms with E-state index in [9.17, 15) is 15.0 Å². The smallest absolute Gasteiger partial charge is 0.237 e. The molecule has 0 bridgehead atoms. The van der Waals surface area contributed by atoms with Gasteiger partial charge in [-0.15, -0.1) is 0 Å². The number of hydrogen-bond acceptors (Lipinski definition) is 4. The van der Waals surface area contributed by atoms with Gasteiger partial charge in [0, 0.05) is 6.54 Å². The molecule has 1 saturated carbocycles. The van der Waals surface area contributed by atoms with Crippen LogP contribution in [0.1, 0.15) is 24.8 Å². The van der Waals surface area contributed by atoms with Gasteiger partial charge < -0.3 is 21.3 Å². The normalized spacial score (nSPS) is 16.7. The Morgan fingerprint density at radius 3 is 2.68 bits per heavy atom. The van der Waals surface area contributed by atoms with Crippen molar-refractivity contribution >= 4 is 5.91 Å². The first-order chi connectivity index (χ1) is 9.06. The van der Waals surface area contributed by atoms with Gasteiger partial charge in [-0.1, -0.05) is 12.5 Å². The number of rotatable bonds is 5. The summed E-state index contributed by atoms with van der Waals surface area (Å²) in [7, 11) is 0. The Labute approximate surface area is 112 Å². The molecule has 1 fully saturated rings. The van der Waals surface area contributed by atoms with Crippen LogP contribution in [0.25, 0.3) is 0 Å². The molecular formula is C14H20N2O3. The average molecular weight is 264 g/mol. The second kappa shape index (κ2) is 5.93. The number of carbonyl (C=O) groups excluding carboxylic acids is 1. The first-order valence-electron chi connectivity index (χ1n) is 6.60. The van der Waals surface area contributed by atoms with Crippen LogP contribution in [0.4, 0.5) is 0 Å². The monoisotopic (exact) mass is 264 g/mol. The lowest BCUT2D eigenvalue weighted by Crippen LogP contribution is -2.44. The topological polar surface area (TPSA) is 95.6 Å². The van der Waals surface area contributed by atoms with E-state index < -0.39 is 6.04 Å². The van der Waals surface area contributed by atoms with E-state index in [1.54, 1.807) is 6.07 Å². The van der Waals surface area contributed by atoms with Gasteiger partial charge in [-0.25, -0.2) is 0 Å². The van der Waals surface area contributed by atoms with E-state index in [0.717, 1.165) is 5.56 Å². The van der Waals surface area contributed by atoms with Crippen LogP contribution in [0.15, 0.2) is 18.2 Å². The Morgan fingerprint density at radius 1 is 1.37 bits per heavy atom. The maximum absolute atomic E-state index is 11.8. The van der Waals surface area contributed by atoms with E-state index >= 15 is 0 Å². The van der Waals surface area contributed by atoms with E-state index in [-0.39, 0.29) is 17.4 Å². The number of aromatic hydroxyl groups is 2. The van der Waals surface area contributed by atoms with Crippen LogP contribution >= 0.6 is 0 Å². The van der Waals surface area contributed by atoms with Crippen LogP contribution in [0.5, 0.6) is 11.5 Å². The fraction of sp³-hybridized carbons (Fsp3) is 0.500. The fourth-order valence-corrected chi connectivity index (χ4v) is 2.12. The van der Waals surface area contributed by atoms with E-state index in [1.807, 2.05) is 0 Å². The molecule has 0 aromatic heterocycles. The summed E-state index contributed by atoms with van der Waals surface area (Å²) < 4.78 is 0. The summed E-state index contributed by atoms with van der Waals surface area (Å²) in [5, 5.41) is 21.4. The Bertz CT molecular complexity index is 458. The predicted octanol–water partition coefficient (Wildman–Crippen LogP) is 0.884. The summed E-state index contributed by atoms with van der Waals surface area (Å²) in [6, 6.07) is 3.83. The Morgan fingerprint density at radius 2 is 2.11 bits per heavy atom. The molecule has 0 aliphatic heterocycles. The van der Waals surface area contributed by atoms with Crippen LogP contribution in [0.2, 0.25) is 0 Å². The van der Waals surface area contributed by atoms with Gasteiger partial charge in [0.1, 0.15) is 0 Å². The molecule has 1 atom stereocenters. The number of phenols is 2. The SMILES string of the molecule is N[C@@H](Cc1ccc(O)c(O)c1)C(=O)NCC1CCC1. The first-order valence-corrected chi connectivity index (χ1v) is 6.60. The fourth-order valence-electron chi connectivity index (χ4n) is 2.12. The van der Waals surface area contributed by atoms with Crippen molar-refractivity contribution in [3.05, 3.63) is 23.8 Å². The lowest BCUT2D eigenvalue weighted by atomic mass is 9.85. The highest BCUT2D eigenvalue weighted by atomic mass is 16.3. The van der Waals surface area contributed by atoms with Gasteiger partial charge in [0.05, 0.1) is 6.04 Å². The third kappa shape index (κ3) is 3.61. The summed E-state index contributed by atoms with van der Waals surface area (Å²) in [6.45, 7) is 0.702. The van der Waals surface area contributed by atoms with Gasteiger partial charge in [0.2, 0.25) is 5.91 Å². The van der Waals surface area contributed by atoms with Crippen molar-refractivity contribution in [3.8, 4) is 11.5 Å². The van der Waals surface area contributed by atoms with Crippen molar-refractivity contribution < 1.29 is 15.0 Å². The molecule has 1 aliphatic carbocycles. The van der Waals surface area contributed by atoms with Crippen LogP contribution in [0.3, 0.4) is 0 Å². The zero-order valence-corrected chi connectivity index (χ0v) is 10.8. The van der Waals surface area contributed by atoms with Crippen molar-refractivity contribution in [2.45, 2.75) is 31.7 Å².